The van der Waals surface area contributed by atoms with E-state index >= 15 is 0 Å². The van der Waals surface area contributed by atoms with Crippen molar-refractivity contribution in [3.05, 3.63) is 11.8 Å². The van der Waals surface area contributed by atoms with Gasteiger partial charge in [-0.2, -0.15) is 0 Å². The molecule has 4 aliphatic heterocycles. The van der Waals surface area contributed by atoms with Crippen molar-refractivity contribution in [3.63, 3.8) is 0 Å². The van der Waals surface area contributed by atoms with Gasteiger partial charge in [0, 0.05) is 17.3 Å². The Kier molecular flexibility index (Phi) is 5.19. The van der Waals surface area contributed by atoms with Gasteiger partial charge in [-0.1, -0.05) is 68.7 Å². The van der Waals surface area contributed by atoms with Gasteiger partial charge in [-0.05, 0) is 97.9 Å². The van der Waals surface area contributed by atoms with Gasteiger partial charge in [-0.15, -0.1) is 0 Å². The predicted octanol–water partition coefficient (Wildman–Crippen LogP) is 8.94. The maximum absolute atomic E-state index is 7.37. The molecule has 4 saturated carbocycles. The number of hydrogen-bond donors (Lipinski definition) is 0. The molecule has 4 bridgehead atoms. The summed E-state index contributed by atoms with van der Waals surface area (Å²) in [6.45, 7) is 22.8. The Balaban J connectivity index is 1.34. The van der Waals surface area contributed by atoms with Crippen molar-refractivity contribution in [1.82, 2.24) is 0 Å². The standard InChI is InChI=1S/C33H54O2/c1-21(27-31(9)17-19-33(35-27)15-11-13-29(6,7)26(33)23(31)3)20-24-30(8)16-18-32(34-24)14-10-12-28(4,5)25(32)22(30)2/h20-23,25-27H,10-19H2,1-9H3/b24-20-/t21?,22-,23-,25+,26+,27-,30+,31+,32?,33?/m1/s1. The highest BCUT2D eigenvalue weighted by Crippen LogP contribution is 2.70. The Labute approximate surface area is 216 Å². The first kappa shape index (κ1) is 24.8. The summed E-state index contributed by atoms with van der Waals surface area (Å²) in [4.78, 5) is 0. The van der Waals surface area contributed by atoms with Crippen molar-refractivity contribution in [1.29, 1.82) is 0 Å². The summed E-state index contributed by atoms with van der Waals surface area (Å²) < 4.78 is 14.6. The first-order valence-electron chi connectivity index (χ1n) is 15.3. The molecule has 0 aromatic carbocycles. The van der Waals surface area contributed by atoms with Crippen LogP contribution < -0.4 is 0 Å². The number of ether oxygens (including phenoxy) is 2. The van der Waals surface area contributed by atoms with Crippen molar-refractivity contribution in [2.45, 2.75) is 144 Å². The summed E-state index contributed by atoms with van der Waals surface area (Å²) in [7, 11) is 0. The molecule has 3 unspecified atom stereocenters. The lowest BCUT2D eigenvalue weighted by Crippen LogP contribution is -2.69. The molecule has 4 aliphatic carbocycles. The van der Waals surface area contributed by atoms with E-state index in [0.29, 0.717) is 46.5 Å². The van der Waals surface area contributed by atoms with Gasteiger partial charge >= 0.3 is 0 Å². The van der Waals surface area contributed by atoms with Crippen LogP contribution in [0.1, 0.15) is 127 Å². The fourth-order valence-corrected chi connectivity index (χ4v) is 11.8. The second kappa shape index (κ2) is 7.33. The van der Waals surface area contributed by atoms with Gasteiger partial charge in [0.15, 0.2) is 0 Å². The molecule has 0 aromatic rings. The molecular formula is C33H54O2. The van der Waals surface area contributed by atoms with Crippen molar-refractivity contribution in [2.75, 3.05) is 0 Å². The topological polar surface area (TPSA) is 18.5 Å². The van der Waals surface area contributed by atoms with Gasteiger partial charge in [-0.3, -0.25) is 0 Å². The van der Waals surface area contributed by atoms with Crippen molar-refractivity contribution in [3.8, 4) is 0 Å². The second-order valence-corrected chi connectivity index (χ2v) is 16.3. The molecule has 198 valence electrons. The molecule has 4 saturated heterocycles. The maximum Gasteiger partial charge on any atom is 0.112 e. The van der Waals surface area contributed by atoms with Crippen LogP contribution in [-0.2, 0) is 9.47 Å². The summed E-state index contributed by atoms with van der Waals surface area (Å²) in [5.41, 5.74) is 1.38. The van der Waals surface area contributed by atoms with Crippen LogP contribution in [0.25, 0.3) is 0 Å². The molecular weight excluding hydrogens is 428 g/mol. The Morgan fingerprint density at radius 1 is 0.714 bits per heavy atom. The molecule has 0 amide bonds. The van der Waals surface area contributed by atoms with E-state index in [-0.39, 0.29) is 22.0 Å². The molecule has 0 N–H and O–H groups in total. The highest BCUT2D eigenvalue weighted by Gasteiger charge is 2.68. The third-order valence-corrected chi connectivity index (χ3v) is 13.6. The smallest absolute Gasteiger partial charge is 0.112 e. The van der Waals surface area contributed by atoms with E-state index in [1.165, 1.54) is 70.0 Å². The predicted molar refractivity (Wildman–Crippen MR) is 144 cm³/mol. The van der Waals surface area contributed by atoms with E-state index in [1.807, 2.05) is 0 Å². The van der Waals surface area contributed by atoms with Crippen LogP contribution in [0.15, 0.2) is 11.8 Å². The average molecular weight is 483 g/mol. The second-order valence-electron chi connectivity index (χ2n) is 16.3. The third-order valence-electron chi connectivity index (χ3n) is 13.6. The van der Waals surface area contributed by atoms with Crippen LogP contribution in [0.3, 0.4) is 0 Å². The van der Waals surface area contributed by atoms with Crippen LogP contribution >= 0.6 is 0 Å². The molecule has 2 nitrogen and oxygen atoms in total. The zero-order valence-electron chi connectivity index (χ0n) is 24.4. The number of hydrogen-bond acceptors (Lipinski definition) is 2. The Hall–Kier alpha value is -0.500. The first-order chi connectivity index (χ1) is 16.2. The first-order valence-corrected chi connectivity index (χ1v) is 15.3. The molecule has 4 heterocycles. The average Bonchev–Trinajstić information content (AvgIpc) is 2.75. The van der Waals surface area contributed by atoms with Gasteiger partial charge in [0.1, 0.15) is 5.60 Å². The lowest BCUT2D eigenvalue weighted by Gasteiger charge is -2.70. The SMILES string of the molecule is CC(/C=C1\OC23CCCC(C)(C)[C@@H]2[C@@H](C)[C@]1(C)CC3)[C@H]1OC23CCCC(C)(C)[C@@H]2[C@@H](C)[C@]1(C)CC3. The lowest BCUT2D eigenvalue weighted by atomic mass is 9.43. The molecule has 8 fully saturated rings. The normalized spacial score (nSPS) is 55.7. The van der Waals surface area contributed by atoms with Gasteiger partial charge in [0.25, 0.3) is 0 Å². The quantitative estimate of drug-likeness (QED) is 0.391. The molecule has 0 radical (unpaired) electrons. The van der Waals surface area contributed by atoms with Gasteiger partial charge < -0.3 is 9.47 Å². The van der Waals surface area contributed by atoms with Crippen LogP contribution in [0.5, 0.6) is 0 Å². The minimum atomic E-state index is 0.0747. The van der Waals surface area contributed by atoms with E-state index in [1.54, 1.807) is 0 Å². The molecule has 8 aliphatic rings. The van der Waals surface area contributed by atoms with Gasteiger partial charge in [-0.25, -0.2) is 0 Å². The molecule has 10 atom stereocenters. The van der Waals surface area contributed by atoms with E-state index in [9.17, 15) is 0 Å². The molecule has 2 heteroatoms. The number of allylic oxidation sites excluding steroid dienone is 1. The summed E-state index contributed by atoms with van der Waals surface area (Å²) >= 11 is 0. The fraction of sp³-hybridized carbons (Fsp3) is 0.939. The minimum absolute atomic E-state index is 0.0747. The largest absolute Gasteiger partial charge is 0.491 e. The van der Waals surface area contributed by atoms with Gasteiger partial charge in [0.05, 0.1) is 17.5 Å². The highest BCUT2D eigenvalue weighted by molar-refractivity contribution is 5.25. The monoisotopic (exact) mass is 482 g/mol. The summed E-state index contributed by atoms with van der Waals surface area (Å²) in [5.74, 6) is 4.50. The number of fused-ring (bicyclic) bond motifs is 4. The van der Waals surface area contributed by atoms with Crippen LogP contribution in [0.4, 0.5) is 0 Å². The van der Waals surface area contributed by atoms with E-state index in [4.69, 9.17) is 9.47 Å². The van der Waals surface area contributed by atoms with Crippen LogP contribution in [0.2, 0.25) is 0 Å². The minimum Gasteiger partial charge on any atom is -0.491 e. The fourth-order valence-electron chi connectivity index (χ4n) is 11.8. The van der Waals surface area contributed by atoms with E-state index in [0.717, 1.165) is 0 Å². The Morgan fingerprint density at radius 3 is 1.94 bits per heavy atom. The zero-order valence-corrected chi connectivity index (χ0v) is 24.4. The Morgan fingerprint density at radius 2 is 1.29 bits per heavy atom. The molecule has 2 spiro atoms. The zero-order chi connectivity index (χ0) is 25.2. The van der Waals surface area contributed by atoms with Gasteiger partial charge in [0.2, 0.25) is 0 Å². The number of rotatable bonds is 2. The Bertz CT molecular complexity index is 916. The lowest BCUT2D eigenvalue weighted by molar-refractivity contribution is -0.321. The van der Waals surface area contributed by atoms with Crippen molar-refractivity contribution in [2.24, 2.45) is 51.2 Å². The summed E-state index contributed by atoms with van der Waals surface area (Å²) in [5, 5.41) is 0. The maximum atomic E-state index is 7.37. The van der Waals surface area contributed by atoms with Crippen molar-refractivity contribution < 1.29 is 9.47 Å². The van der Waals surface area contributed by atoms with Crippen LogP contribution in [-0.4, -0.2) is 17.3 Å². The van der Waals surface area contributed by atoms with Crippen LogP contribution in [0, 0.1) is 51.2 Å². The summed E-state index contributed by atoms with van der Waals surface area (Å²) in [6.07, 6.45) is 15.9. The third kappa shape index (κ3) is 3.10. The summed E-state index contributed by atoms with van der Waals surface area (Å²) in [6, 6.07) is 0. The molecule has 8 rings (SSSR count). The molecule has 35 heavy (non-hydrogen) atoms. The highest BCUT2D eigenvalue weighted by atomic mass is 16.5. The molecule has 0 aromatic heterocycles. The van der Waals surface area contributed by atoms with Crippen molar-refractivity contribution >= 4 is 0 Å². The van der Waals surface area contributed by atoms with E-state index < -0.39 is 0 Å². The van der Waals surface area contributed by atoms with E-state index in [2.05, 4.69) is 68.4 Å².